The van der Waals surface area contributed by atoms with Crippen molar-refractivity contribution < 1.29 is 0 Å². The molecular formula is C11H18N2. The summed E-state index contributed by atoms with van der Waals surface area (Å²) in [6, 6.07) is 0. The molecule has 72 valence electrons. The van der Waals surface area contributed by atoms with Gasteiger partial charge in [-0.3, -0.25) is 0 Å². The zero-order chi connectivity index (χ0) is 9.47. The lowest BCUT2D eigenvalue weighted by molar-refractivity contribution is 0.196. The Bertz CT molecular complexity index is 293. The normalized spacial score (nSPS) is 22.8. The van der Waals surface area contributed by atoms with E-state index in [-0.39, 0.29) is 0 Å². The zero-order valence-corrected chi connectivity index (χ0v) is 8.75. The minimum Gasteiger partial charge on any atom is -0.335 e. The second-order valence-corrected chi connectivity index (χ2v) is 5.13. The van der Waals surface area contributed by atoms with E-state index < -0.39 is 0 Å². The molecule has 0 spiro atoms. The summed E-state index contributed by atoms with van der Waals surface area (Å²) in [4.78, 5) is 4.18. The molecule has 0 aliphatic carbocycles. The van der Waals surface area contributed by atoms with E-state index in [0.29, 0.717) is 5.41 Å². The fourth-order valence-corrected chi connectivity index (χ4v) is 2.11. The highest BCUT2D eigenvalue weighted by Gasteiger charge is 2.28. The van der Waals surface area contributed by atoms with Crippen molar-refractivity contribution >= 4 is 0 Å². The fourth-order valence-electron chi connectivity index (χ4n) is 2.11. The molecule has 1 aliphatic rings. The van der Waals surface area contributed by atoms with Crippen LogP contribution in [0.25, 0.3) is 0 Å². The van der Waals surface area contributed by atoms with Crippen molar-refractivity contribution in [2.45, 2.75) is 40.2 Å². The largest absolute Gasteiger partial charge is 0.335 e. The van der Waals surface area contributed by atoms with E-state index in [1.54, 1.807) is 0 Å². The van der Waals surface area contributed by atoms with E-state index in [9.17, 15) is 0 Å². The third kappa shape index (κ3) is 1.62. The Labute approximate surface area is 80.0 Å². The minimum absolute atomic E-state index is 0.440. The van der Waals surface area contributed by atoms with Crippen molar-refractivity contribution in [3.8, 4) is 0 Å². The molecule has 2 nitrogen and oxygen atoms in total. The monoisotopic (exact) mass is 178 g/mol. The summed E-state index contributed by atoms with van der Waals surface area (Å²) < 4.78 is 2.28. The van der Waals surface area contributed by atoms with E-state index in [4.69, 9.17) is 0 Å². The van der Waals surface area contributed by atoms with Crippen molar-refractivity contribution in [2.75, 3.05) is 0 Å². The summed E-state index contributed by atoms with van der Waals surface area (Å²) in [5.41, 5.74) is 1.85. The SMILES string of the molecule is CC(C)(C)C1CCn2cncc2C1. The molecular weight excluding hydrogens is 160 g/mol. The molecule has 13 heavy (non-hydrogen) atoms. The maximum Gasteiger partial charge on any atom is 0.0948 e. The molecule has 2 heteroatoms. The maximum atomic E-state index is 4.18. The molecule has 0 bridgehead atoms. The number of nitrogens with zero attached hydrogens (tertiary/aromatic N) is 2. The minimum atomic E-state index is 0.440. The van der Waals surface area contributed by atoms with Crippen molar-refractivity contribution in [2.24, 2.45) is 11.3 Å². The number of hydrogen-bond acceptors (Lipinski definition) is 1. The molecule has 0 radical (unpaired) electrons. The predicted octanol–water partition coefficient (Wildman–Crippen LogP) is 2.49. The van der Waals surface area contributed by atoms with Crippen molar-refractivity contribution in [3.05, 3.63) is 18.2 Å². The van der Waals surface area contributed by atoms with E-state index in [0.717, 1.165) is 12.5 Å². The Morgan fingerprint density at radius 2 is 2.23 bits per heavy atom. The van der Waals surface area contributed by atoms with E-state index in [1.807, 2.05) is 12.5 Å². The van der Waals surface area contributed by atoms with E-state index in [2.05, 4.69) is 30.3 Å². The second-order valence-electron chi connectivity index (χ2n) is 5.13. The lowest BCUT2D eigenvalue weighted by Crippen LogP contribution is -2.28. The molecule has 1 aliphatic heterocycles. The Morgan fingerprint density at radius 1 is 1.46 bits per heavy atom. The Balaban J connectivity index is 2.18. The van der Waals surface area contributed by atoms with Crippen molar-refractivity contribution in [1.82, 2.24) is 9.55 Å². The average Bonchev–Trinajstić information content (AvgIpc) is 2.47. The van der Waals surface area contributed by atoms with Gasteiger partial charge in [-0.25, -0.2) is 4.98 Å². The quantitative estimate of drug-likeness (QED) is 0.597. The Hall–Kier alpha value is -0.790. The molecule has 0 fully saturated rings. The first-order valence-corrected chi connectivity index (χ1v) is 5.06. The zero-order valence-electron chi connectivity index (χ0n) is 8.75. The summed E-state index contributed by atoms with van der Waals surface area (Å²) in [6.45, 7) is 8.16. The van der Waals surface area contributed by atoms with Gasteiger partial charge in [0.05, 0.1) is 6.33 Å². The van der Waals surface area contributed by atoms with Crippen LogP contribution in [-0.4, -0.2) is 9.55 Å². The molecule has 1 aromatic heterocycles. The summed E-state index contributed by atoms with van der Waals surface area (Å²) in [7, 11) is 0. The first-order valence-electron chi connectivity index (χ1n) is 5.06. The molecule has 0 N–H and O–H groups in total. The molecule has 0 saturated heterocycles. The van der Waals surface area contributed by atoms with Crippen molar-refractivity contribution in [3.63, 3.8) is 0 Å². The van der Waals surface area contributed by atoms with Crippen LogP contribution >= 0.6 is 0 Å². The lowest BCUT2D eigenvalue weighted by Gasteiger charge is -2.34. The van der Waals surface area contributed by atoms with Gasteiger partial charge in [0, 0.05) is 18.4 Å². The first kappa shape index (κ1) is 8.79. The molecule has 1 aromatic rings. The van der Waals surface area contributed by atoms with Crippen LogP contribution in [0.1, 0.15) is 32.9 Å². The number of aromatic nitrogens is 2. The number of fused-ring (bicyclic) bond motifs is 1. The molecule has 2 rings (SSSR count). The highest BCUT2D eigenvalue weighted by molar-refractivity contribution is 5.04. The standard InChI is InChI=1S/C11H18N2/c1-11(2,3)9-4-5-13-8-12-7-10(13)6-9/h7-9H,4-6H2,1-3H3. The van der Waals surface area contributed by atoms with Gasteiger partial charge in [-0.1, -0.05) is 20.8 Å². The molecule has 1 unspecified atom stereocenters. The summed E-state index contributed by atoms with van der Waals surface area (Å²) in [5.74, 6) is 0.816. The highest BCUT2D eigenvalue weighted by atomic mass is 15.0. The Kier molecular flexibility index (Phi) is 1.94. The summed E-state index contributed by atoms with van der Waals surface area (Å²) >= 11 is 0. The predicted molar refractivity (Wildman–Crippen MR) is 53.5 cm³/mol. The number of rotatable bonds is 0. The number of imidazole rings is 1. The molecule has 2 heterocycles. The molecule has 0 aromatic carbocycles. The number of hydrogen-bond donors (Lipinski definition) is 0. The van der Waals surface area contributed by atoms with Gasteiger partial charge in [0.2, 0.25) is 0 Å². The van der Waals surface area contributed by atoms with Gasteiger partial charge in [0.25, 0.3) is 0 Å². The van der Waals surface area contributed by atoms with Crippen LogP contribution in [-0.2, 0) is 13.0 Å². The van der Waals surface area contributed by atoms with Crippen LogP contribution < -0.4 is 0 Å². The van der Waals surface area contributed by atoms with Crippen LogP contribution in [0.15, 0.2) is 12.5 Å². The van der Waals surface area contributed by atoms with Crippen LogP contribution in [0.5, 0.6) is 0 Å². The highest BCUT2D eigenvalue weighted by Crippen LogP contribution is 2.34. The van der Waals surface area contributed by atoms with Gasteiger partial charge in [0.15, 0.2) is 0 Å². The third-order valence-corrected chi connectivity index (χ3v) is 3.20. The van der Waals surface area contributed by atoms with Crippen LogP contribution in [0.4, 0.5) is 0 Å². The number of aryl methyl sites for hydroxylation is 1. The van der Waals surface area contributed by atoms with E-state index >= 15 is 0 Å². The van der Waals surface area contributed by atoms with Gasteiger partial charge < -0.3 is 4.57 Å². The van der Waals surface area contributed by atoms with Crippen LogP contribution in [0.3, 0.4) is 0 Å². The van der Waals surface area contributed by atoms with Gasteiger partial charge >= 0.3 is 0 Å². The smallest absolute Gasteiger partial charge is 0.0948 e. The van der Waals surface area contributed by atoms with Crippen molar-refractivity contribution in [1.29, 1.82) is 0 Å². The third-order valence-electron chi connectivity index (χ3n) is 3.20. The van der Waals surface area contributed by atoms with Gasteiger partial charge in [-0.05, 0) is 24.2 Å². The topological polar surface area (TPSA) is 17.8 Å². The maximum absolute atomic E-state index is 4.18. The van der Waals surface area contributed by atoms with E-state index in [1.165, 1.54) is 18.5 Å². The fraction of sp³-hybridized carbons (Fsp3) is 0.727. The van der Waals surface area contributed by atoms with Crippen LogP contribution in [0, 0.1) is 11.3 Å². The molecule has 0 saturated carbocycles. The first-order chi connectivity index (χ1) is 6.07. The second kappa shape index (κ2) is 2.86. The molecule has 0 amide bonds. The van der Waals surface area contributed by atoms with Crippen LogP contribution in [0.2, 0.25) is 0 Å². The summed E-state index contributed by atoms with van der Waals surface area (Å²) in [6.07, 6.45) is 6.46. The molecule has 1 atom stereocenters. The Morgan fingerprint density at radius 3 is 2.92 bits per heavy atom. The average molecular weight is 178 g/mol. The van der Waals surface area contributed by atoms with Gasteiger partial charge in [0.1, 0.15) is 0 Å². The lowest BCUT2D eigenvalue weighted by atomic mass is 9.75. The van der Waals surface area contributed by atoms with Gasteiger partial charge in [-0.2, -0.15) is 0 Å². The van der Waals surface area contributed by atoms with Gasteiger partial charge in [-0.15, -0.1) is 0 Å². The summed E-state index contributed by atoms with van der Waals surface area (Å²) in [5, 5.41) is 0.